The number of phenolic OH excluding ortho intramolecular Hbond substituents is 1. The van der Waals surface area contributed by atoms with Gasteiger partial charge in [-0.15, -0.1) is 0 Å². The first-order valence-electron chi connectivity index (χ1n) is 9.94. The van der Waals surface area contributed by atoms with Crippen molar-refractivity contribution in [2.75, 3.05) is 11.9 Å². The van der Waals surface area contributed by atoms with Gasteiger partial charge in [-0.05, 0) is 74.1 Å². The number of alkyl halides is 3. The summed E-state index contributed by atoms with van der Waals surface area (Å²) in [5.74, 6) is 0.508. The highest BCUT2D eigenvalue weighted by atomic mass is 35.5. The summed E-state index contributed by atoms with van der Waals surface area (Å²) in [6.45, 7) is 0.621. The Bertz CT molecular complexity index is 925. The van der Waals surface area contributed by atoms with E-state index in [0.717, 1.165) is 37.8 Å². The third-order valence-corrected chi connectivity index (χ3v) is 5.47. The quantitative estimate of drug-likeness (QED) is 0.496. The maximum absolute atomic E-state index is 12.6. The number of halogens is 4. The molecule has 0 radical (unpaired) electrons. The normalized spacial score (nSPS) is 19.4. The third kappa shape index (κ3) is 6.89. The molecule has 0 saturated heterocycles. The van der Waals surface area contributed by atoms with Gasteiger partial charge in [0.25, 0.3) is 0 Å². The predicted octanol–water partition coefficient (Wildman–Crippen LogP) is 5.86. The summed E-state index contributed by atoms with van der Waals surface area (Å²) in [5, 5.41) is 15.8. The van der Waals surface area contributed by atoms with Crippen molar-refractivity contribution < 1.29 is 23.1 Å². The third-order valence-electron chi connectivity index (χ3n) is 5.24. The van der Waals surface area contributed by atoms with E-state index in [4.69, 9.17) is 11.6 Å². The number of rotatable bonds is 5. The van der Waals surface area contributed by atoms with E-state index in [-0.39, 0.29) is 11.8 Å². The summed E-state index contributed by atoms with van der Waals surface area (Å²) in [4.78, 5) is 16.5. The smallest absolute Gasteiger partial charge is 0.416 e. The van der Waals surface area contributed by atoms with Gasteiger partial charge >= 0.3 is 12.2 Å². The number of aliphatic imine (C=N–C) groups is 1. The predicted molar refractivity (Wildman–Crippen MR) is 115 cm³/mol. The monoisotopic (exact) mass is 453 g/mol. The van der Waals surface area contributed by atoms with Gasteiger partial charge in [0.1, 0.15) is 5.75 Å². The zero-order valence-electron chi connectivity index (χ0n) is 16.6. The number of anilines is 1. The van der Waals surface area contributed by atoms with Crippen LogP contribution in [0.25, 0.3) is 0 Å². The van der Waals surface area contributed by atoms with Gasteiger partial charge in [0, 0.05) is 35.1 Å². The average molecular weight is 454 g/mol. The Morgan fingerprint density at radius 3 is 2.45 bits per heavy atom. The number of nitrogens with one attached hydrogen (secondary N) is 2. The van der Waals surface area contributed by atoms with Gasteiger partial charge in [-0.1, -0.05) is 11.6 Å². The van der Waals surface area contributed by atoms with Crippen molar-refractivity contribution >= 4 is 29.5 Å². The molecule has 2 aromatic rings. The van der Waals surface area contributed by atoms with Gasteiger partial charge < -0.3 is 15.7 Å². The molecule has 0 heterocycles. The molecule has 0 aliphatic heterocycles. The molecule has 9 heteroatoms. The van der Waals surface area contributed by atoms with Crippen LogP contribution in [0.3, 0.4) is 0 Å². The summed E-state index contributed by atoms with van der Waals surface area (Å²) in [6.07, 6.45) is 0.585. The minimum absolute atomic E-state index is 0.00616. The fourth-order valence-corrected chi connectivity index (χ4v) is 3.69. The lowest BCUT2D eigenvalue weighted by Gasteiger charge is -2.28. The highest BCUT2D eigenvalue weighted by molar-refractivity contribution is 6.30. The second kappa shape index (κ2) is 10.0. The van der Waals surface area contributed by atoms with Crippen LogP contribution in [-0.4, -0.2) is 29.9 Å². The number of amides is 2. The van der Waals surface area contributed by atoms with Crippen LogP contribution in [0.1, 0.15) is 36.8 Å². The van der Waals surface area contributed by atoms with Crippen LogP contribution in [-0.2, 0) is 6.18 Å². The number of aromatic hydroxyl groups is 1. The molecule has 2 amide bonds. The lowest BCUT2D eigenvalue weighted by Crippen LogP contribution is -2.40. The number of carbonyl (C=O) groups is 1. The summed E-state index contributed by atoms with van der Waals surface area (Å²) < 4.78 is 37.8. The van der Waals surface area contributed by atoms with Crippen molar-refractivity contribution in [3.63, 3.8) is 0 Å². The van der Waals surface area contributed by atoms with Crippen molar-refractivity contribution in [3.05, 3.63) is 58.6 Å². The first-order valence-corrected chi connectivity index (χ1v) is 10.3. The Kier molecular flexibility index (Phi) is 7.43. The molecule has 0 unspecified atom stereocenters. The van der Waals surface area contributed by atoms with Crippen LogP contribution in [0.4, 0.5) is 23.7 Å². The molecule has 1 aliphatic carbocycles. The number of carbonyl (C=O) groups excluding carboxylic acids is 1. The summed E-state index contributed by atoms with van der Waals surface area (Å²) >= 11 is 5.92. The topological polar surface area (TPSA) is 73.7 Å². The van der Waals surface area contributed by atoms with Crippen LogP contribution in [0, 0.1) is 5.92 Å². The lowest BCUT2D eigenvalue weighted by atomic mass is 9.86. The fraction of sp³-hybridized carbons (Fsp3) is 0.364. The second-order valence-corrected chi connectivity index (χ2v) is 8.03. The minimum Gasteiger partial charge on any atom is -0.507 e. The lowest BCUT2D eigenvalue weighted by molar-refractivity contribution is -0.137. The van der Waals surface area contributed by atoms with E-state index in [1.165, 1.54) is 18.2 Å². The van der Waals surface area contributed by atoms with Gasteiger partial charge in [0.15, 0.2) is 0 Å². The number of urea groups is 1. The summed E-state index contributed by atoms with van der Waals surface area (Å²) in [5.41, 5.74) is 0.116. The Hall–Kier alpha value is -2.74. The fourth-order valence-electron chi connectivity index (χ4n) is 3.51. The molecule has 3 N–H and O–H groups in total. The molecular weight excluding hydrogens is 431 g/mol. The van der Waals surface area contributed by atoms with E-state index >= 15 is 0 Å². The van der Waals surface area contributed by atoms with Gasteiger partial charge in [-0.25, -0.2) is 4.79 Å². The molecule has 2 aromatic carbocycles. The van der Waals surface area contributed by atoms with Crippen molar-refractivity contribution in [3.8, 4) is 5.75 Å². The number of benzene rings is 2. The molecule has 0 spiro atoms. The Morgan fingerprint density at radius 2 is 1.81 bits per heavy atom. The van der Waals surface area contributed by atoms with E-state index in [1.54, 1.807) is 18.3 Å². The van der Waals surface area contributed by atoms with Crippen molar-refractivity contribution in [1.29, 1.82) is 0 Å². The van der Waals surface area contributed by atoms with Crippen LogP contribution in [0.15, 0.2) is 47.5 Å². The number of hydrogen-bond acceptors (Lipinski definition) is 3. The van der Waals surface area contributed by atoms with Crippen molar-refractivity contribution in [2.24, 2.45) is 10.9 Å². The minimum atomic E-state index is -4.40. The van der Waals surface area contributed by atoms with Crippen LogP contribution in [0.5, 0.6) is 5.75 Å². The first kappa shape index (κ1) is 22.9. The van der Waals surface area contributed by atoms with E-state index in [9.17, 15) is 23.1 Å². The molecule has 0 aromatic heterocycles. The number of phenols is 1. The SMILES string of the molecule is O=C(Nc1ccc(C(F)(F)F)cc1)N[C@H]1CC[C@@H](CN=Cc2cc(Cl)ccc2O)CC1. The molecule has 3 rings (SSSR count). The summed E-state index contributed by atoms with van der Waals surface area (Å²) in [7, 11) is 0. The molecule has 0 atom stereocenters. The Morgan fingerprint density at radius 1 is 1.13 bits per heavy atom. The van der Waals surface area contributed by atoms with Gasteiger partial charge in [-0.2, -0.15) is 13.2 Å². The highest BCUT2D eigenvalue weighted by Gasteiger charge is 2.30. The van der Waals surface area contributed by atoms with E-state index in [1.807, 2.05) is 0 Å². The highest BCUT2D eigenvalue weighted by Crippen LogP contribution is 2.30. The van der Waals surface area contributed by atoms with Crippen LogP contribution in [0.2, 0.25) is 5.02 Å². The Balaban J connectivity index is 1.41. The maximum Gasteiger partial charge on any atom is 0.416 e. The molecule has 1 aliphatic rings. The van der Waals surface area contributed by atoms with Gasteiger partial charge in [0.2, 0.25) is 0 Å². The average Bonchev–Trinajstić information content (AvgIpc) is 2.71. The van der Waals surface area contributed by atoms with E-state index in [2.05, 4.69) is 15.6 Å². The second-order valence-electron chi connectivity index (χ2n) is 7.59. The largest absolute Gasteiger partial charge is 0.507 e. The zero-order chi connectivity index (χ0) is 22.4. The van der Waals surface area contributed by atoms with E-state index < -0.39 is 17.8 Å². The van der Waals surface area contributed by atoms with Gasteiger partial charge in [-0.3, -0.25) is 4.99 Å². The van der Waals surface area contributed by atoms with Crippen molar-refractivity contribution in [2.45, 2.75) is 37.9 Å². The maximum atomic E-state index is 12.6. The number of nitrogens with zero attached hydrogens (tertiary/aromatic N) is 1. The number of hydrogen-bond donors (Lipinski definition) is 3. The molecule has 0 bridgehead atoms. The van der Waals surface area contributed by atoms with Crippen LogP contribution >= 0.6 is 11.6 Å². The molecule has 166 valence electrons. The van der Waals surface area contributed by atoms with Crippen molar-refractivity contribution in [1.82, 2.24) is 5.32 Å². The van der Waals surface area contributed by atoms with E-state index in [0.29, 0.717) is 28.7 Å². The molecule has 1 fully saturated rings. The molecule has 5 nitrogen and oxygen atoms in total. The first-order chi connectivity index (χ1) is 14.7. The van der Waals surface area contributed by atoms with Crippen LogP contribution < -0.4 is 10.6 Å². The zero-order valence-corrected chi connectivity index (χ0v) is 17.4. The molecule has 1 saturated carbocycles. The van der Waals surface area contributed by atoms with Gasteiger partial charge in [0.05, 0.1) is 5.56 Å². The summed E-state index contributed by atoms with van der Waals surface area (Å²) in [6, 6.07) is 8.69. The Labute approximate surface area is 183 Å². The standard InChI is InChI=1S/C22H23ClF3N3O2/c23-17-5-10-20(30)15(11-17)13-27-12-14-1-6-18(7-2-14)28-21(31)29-19-8-3-16(4-9-19)22(24,25)26/h3-5,8-11,13-14,18,30H,1-2,6-7,12H2,(H2,28,29,31)/t14-,18+. The molecular formula is C22H23ClF3N3O2. The molecule has 31 heavy (non-hydrogen) atoms.